The zero-order chi connectivity index (χ0) is 15.5. The van der Waals surface area contributed by atoms with Crippen LogP contribution in [0.5, 0.6) is 0 Å². The molecule has 0 aromatic rings. The Morgan fingerprint density at radius 1 is 1.43 bits per heavy atom. The predicted octanol–water partition coefficient (Wildman–Crippen LogP) is 1.04. The maximum Gasteiger partial charge on any atom is 0.334 e. The SMILES string of the molecule is C#CCCC1(CCC(=O)N2C[C@@H](C)O[C@H](C(=O)O)C2)N=N1. The van der Waals surface area contributed by atoms with Crippen LogP contribution in [-0.2, 0) is 14.3 Å². The van der Waals surface area contributed by atoms with Crippen LogP contribution >= 0.6 is 0 Å². The summed E-state index contributed by atoms with van der Waals surface area (Å²) < 4.78 is 5.29. The molecule has 0 bridgehead atoms. The van der Waals surface area contributed by atoms with Crippen molar-refractivity contribution in [2.45, 2.75) is 50.5 Å². The fourth-order valence-electron chi connectivity index (χ4n) is 2.42. The molecule has 2 aliphatic rings. The number of nitrogens with zero attached hydrogens (tertiary/aromatic N) is 3. The molecular weight excluding hydrogens is 274 g/mol. The number of carbonyl (C=O) groups is 2. The molecule has 2 heterocycles. The zero-order valence-electron chi connectivity index (χ0n) is 12.0. The average Bonchev–Trinajstić information content (AvgIpc) is 3.22. The fraction of sp³-hybridized carbons (Fsp3) is 0.714. The van der Waals surface area contributed by atoms with Crippen molar-refractivity contribution < 1.29 is 19.4 Å². The molecule has 0 aromatic carbocycles. The van der Waals surface area contributed by atoms with Crippen molar-refractivity contribution in [2.75, 3.05) is 13.1 Å². The molecule has 0 saturated carbocycles. The third-order valence-corrected chi connectivity index (χ3v) is 3.68. The Morgan fingerprint density at radius 3 is 2.71 bits per heavy atom. The van der Waals surface area contributed by atoms with Gasteiger partial charge in [-0.15, -0.1) is 12.3 Å². The molecule has 1 N–H and O–H groups in total. The van der Waals surface area contributed by atoms with E-state index in [0.29, 0.717) is 25.8 Å². The second-order valence-electron chi connectivity index (χ2n) is 5.46. The lowest BCUT2D eigenvalue weighted by Gasteiger charge is -2.35. The van der Waals surface area contributed by atoms with Crippen LogP contribution in [0.1, 0.15) is 32.6 Å². The van der Waals surface area contributed by atoms with Crippen LogP contribution in [0, 0.1) is 12.3 Å². The van der Waals surface area contributed by atoms with E-state index in [-0.39, 0.29) is 25.0 Å². The Kier molecular flexibility index (Phi) is 4.58. The van der Waals surface area contributed by atoms with E-state index >= 15 is 0 Å². The van der Waals surface area contributed by atoms with Crippen LogP contribution in [0.4, 0.5) is 0 Å². The van der Waals surface area contributed by atoms with Gasteiger partial charge in [0, 0.05) is 32.2 Å². The molecule has 2 rings (SSSR count). The normalized spacial score (nSPS) is 26.2. The Morgan fingerprint density at radius 2 is 2.14 bits per heavy atom. The number of amides is 1. The van der Waals surface area contributed by atoms with Gasteiger partial charge in [0.2, 0.25) is 5.91 Å². The molecule has 0 radical (unpaired) electrons. The van der Waals surface area contributed by atoms with E-state index in [9.17, 15) is 9.59 Å². The molecule has 0 aromatic heterocycles. The summed E-state index contributed by atoms with van der Waals surface area (Å²) >= 11 is 0. The summed E-state index contributed by atoms with van der Waals surface area (Å²) in [4.78, 5) is 24.8. The summed E-state index contributed by atoms with van der Waals surface area (Å²) in [6.45, 7) is 2.26. The molecule has 114 valence electrons. The number of carboxylic acids is 1. The van der Waals surface area contributed by atoms with Crippen molar-refractivity contribution in [1.82, 2.24) is 4.90 Å². The predicted molar refractivity (Wildman–Crippen MR) is 73.4 cm³/mol. The number of morpholine rings is 1. The van der Waals surface area contributed by atoms with Crippen LogP contribution in [-0.4, -0.2) is 52.8 Å². The second kappa shape index (κ2) is 6.22. The van der Waals surface area contributed by atoms with Gasteiger partial charge in [0.05, 0.1) is 12.6 Å². The Hall–Kier alpha value is -1.94. The molecule has 0 aliphatic carbocycles. The van der Waals surface area contributed by atoms with Crippen molar-refractivity contribution in [3.63, 3.8) is 0 Å². The monoisotopic (exact) mass is 293 g/mol. The molecule has 7 nitrogen and oxygen atoms in total. The number of rotatable bonds is 6. The average molecular weight is 293 g/mol. The van der Waals surface area contributed by atoms with E-state index in [1.165, 1.54) is 0 Å². The fourth-order valence-corrected chi connectivity index (χ4v) is 2.42. The van der Waals surface area contributed by atoms with Crippen LogP contribution in [0.2, 0.25) is 0 Å². The van der Waals surface area contributed by atoms with E-state index in [1.807, 2.05) is 0 Å². The first kappa shape index (κ1) is 15.4. The van der Waals surface area contributed by atoms with Gasteiger partial charge in [-0.05, 0) is 6.92 Å². The van der Waals surface area contributed by atoms with Crippen LogP contribution in [0.3, 0.4) is 0 Å². The highest BCUT2D eigenvalue weighted by atomic mass is 16.5. The first-order valence-corrected chi connectivity index (χ1v) is 6.99. The lowest BCUT2D eigenvalue weighted by Crippen LogP contribution is -2.51. The highest BCUT2D eigenvalue weighted by molar-refractivity contribution is 5.78. The summed E-state index contributed by atoms with van der Waals surface area (Å²) in [6.07, 6.45) is 6.03. The standard InChI is InChI=1S/C14H19N3O4/c1-3-4-6-14(15-16-14)7-5-12(18)17-8-10(2)21-11(9-17)13(19)20/h1,10-11H,4-9H2,2H3,(H,19,20)/t10-,11+/m1/s1. The van der Waals surface area contributed by atoms with Crippen molar-refractivity contribution in [1.29, 1.82) is 0 Å². The highest BCUT2D eigenvalue weighted by Crippen LogP contribution is 2.37. The largest absolute Gasteiger partial charge is 0.479 e. The summed E-state index contributed by atoms with van der Waals surface area (Å²) in [5.41, 5.74) is -0.480. The lowest BCUT2D eigenvalue weighted by molar-refractivity contribution is -0.166. The summed E-state index contributed by atoms with van der Waals surface area (Å²) in [6, 6.07) is 0. The van der Waals surface area contributed by atoms with E-state index in [1.54, 1.807) is 11.8 Å². The minimum atomic E-state index is -1.04. The first-order valence-electron chi connectivity index (χ1n) is 6.99. The molecule has 0 unspecified atom stereocenters. The molecule has 2 atom stereocenters. The Labute approximate surface area is 123 Å². The van der Waals surface area contributed by atoms with Gasteiger partial charge in [-0.25, -0.2) is 4.79 Å². The summed E-state index contributed by atoms with van der Waals surface area (Å²) in [5.74, 6) is 1.41. The number of carboxylic acid groups (broad SMARTS) is 1. The number of hydrogen-bond acceptors (Lipinski definition) is 5. The molecule has 7 heteroatoms. The van der Waals surface area contributed by atoms with Crippen molar-refractivity contribution >= 4 is 11.9 Å². The maximum atomic E-state index is 12.2. The molecule has 1 saturated heterocycles. The molecule has 1 fully saturated rings. The topological polar surface area (TPSA) is 91.6 Å². The van der Waals surface area contributed by atoms with Gasteiger partial charge >= 0.3 is 5.97 Å². The van der Waals surface area contributed by atoms with Gasteiger partial charge in [-0.2, -0.15) is 10.2 Å². The number of terminal acetylenes is 1. The van der Waals surface area contributed by atoms with Gasteiger partial charge in [-0.1, -0.05) is 0 Å². The maximum absolute atomic E-state index is 12.2. The van der Waals surface area contributed by atoms with Gasteiger partial charge in [0.15, 0.2) is 11.8 Å². The van der Waals surface area contributed by atoms with Crippen LogP contribution in [0.25, 0.3) is 0 Å². The Bertz CT molecular complexity index is 491. The van der Waals surface area contributed by atoms with E-state index in [2.05, 4.69) is 16.1 Å². The lowest BCUT2D eigenvalue weighted by atomic mass is 10.0. The van der Waals surface area contributed by atoms with Gasteiger partial charge in [0.1, 0.15) is 0 Å². The van der Waals surface area contributed by atoms with Gasteiger partial charge < -0.3 is 14.7 Å². The zero-order valence-corrected chi connectivity index (χ0v) is 12.0. The summed E-state index contributed by atoms with van der Waals surface area (Å²) in [5, 5.41) is 17.0. The minimum Gasteiger partial charge on any atom is -0.479 e. The van der Waals surface area contributed by atoms with Crippen LogP contribution < -0.4 is 0 Å². The molecule has 0 spiro atoms. The number of carbonyl (C=O) groups excluding carboxylic acids is 1. The van der Waals surface area contributed by atoms with Crippen molar-refractivity contribution in [3.05, 3.63) is 0 Å². The highest BCUT2D eigenvalue weighted by Gasteiger charge is 2.40. The first-order chi connectivity index (χ1) is 9.96. The Balaban J connectivity index is 1.83. The van der Waals surface area contributed by atoms with E-state index < -0.39 is 17.7 Å². The quantitative estimate of drug-likeness (QED) is 0.741. The van der Waals surface area contributed by atoms with Crippen molar-refractivity contribution in [3.8, 4) is 12.3 Å². The van der Waals surface area contributed by atoms with Crippen LogP contribution in [0.15, 0.2) is 10.2 Å². The summed E-state index contributed by atoms with van der Waals surface area (Å²) in [7, 11) is 0. The molecule has 1 amide bonds. The number of ether oxygens (including phenoxy) is 1. The molecule has 2 aliphatic heterocycles. The smallest absolute Gasteiger partial charge is 0.334 e. The number of hydrogen-bond donors (Lipinski definition) is 1. The third kappa shape index (κ3) is 4.02. The van der Waals surface area contributed by atoms with Crippen molar-refractivity contribution in [2.24, 2.45) is 10.2 Å². The van der Waals surface area contributed by atoms with E-state index in [4.69, 9.17) is 16.3 Å². The van der Waals surface area contributed by atoms with Gasteiger partial charge in [-0.3, -0.25) is 4.79 Å². The molecule has 21 heavy (non-hydrogen) atoms. The molecular formula is C14H19N3O4. The third-order valence-electron chi connectivity index (χ3n) is 3.68. The second-order valence-corrected chi connectivity index (χ2v) is 5.46. The number of aliphatic carboxylic acids is 1. The van der Waals surface area contributed by atoms with E-state index in [0.717, 1.165) is 0 Å². The minimum absolute atomic E-state index is 0.0874. The van der Waals surface area contributed by atoms with Gasteiger partial charge in [0.25, 0.3) is 0 Å².